The average molecular weight is 297 g/mol. The summed E-state index contributed by atoms with van der Waals surface area (Å²) in [4.78, 5) is 8.52. The van der Waals surface area contributed by atoms with E-state index in [1.54, 1.807) is 22.7 Å². The lowest BCUT2D eigenvalue weighted by Crippen LogP contribution is -1.95. The molecule has 0 radical (unpaired) electrons. The molecule has 6 heteroatoms. The molecule has 0 atom stereocenters. The number of hydrogen-bond donors (Lipinski definition) is 0. The second-order valence-corrected chi connectivity index (χ2v) is 4.96. The van der Waals surface area contributed by atoms with E-state index in [0.717, 1.165) is 0 Å². The minimum Gasteiger partial charge on any atom is -0.289 e. The number of fused-ring (bicyclic) bond motifs is 5. The number of aromatic nitrogens is 3. The Labute approximate surface area is 123 Å². The smallest absolute Gasteiger partial charge is 0.178 e. The predicted octanol–water partition coefficient (Wildman–Crippen LogP) is 3.70. The molecule has 0 spiro atoms. The maximum atomic E-state index is 13.6. The van der Waals surface area contributed by atoms with E-state index < -0.39 is 0 Å². The zero-order valence-corrected chi connectivity index (χ0v) is 11.3. The second-order valence-electron chi connectivity index (χ2n) is 4.58. The van der Waals surface area contributed by atoms with E-state index in [1.807, 2.05) is 6.07 Å². The summed E-state index contributed by atoms with van der Waals surface area (Å²) in [5, 5.41) is 10.2. The Morgan fingerprint density at radius 2 is 2.10 bits per heavy atom. The number of nitriles is 1. The van der Waals surface area contributed by atoms with Crippen molar-refractivity contribution in [1.82, 2.24) is 14.4 Å². The molecule has 0 bridgehead atoms. The van der Waals surface area contributed by atoms with Crippen LogP contribution in [-0.4, -0.2) is 14.4 Å². The first-order valence-electron chi connectivity index (χ1n) is 6.14. The average Bonchev–Trinajstić information content (AvgIpc) is 2.86. The molecule has 0 aliphatic rings. The minimum absolute atomic E-state index is 0.258. The Bertz CT molecular complexity index is 1080. The first-order chi connectivity index (χ1) is 10.2. The van der Waals surface area contributed by atoms with Gasteiger partial charge in [-0.15, -0.1) is 0 Å². The molecule has 0 saturated carbocycles. The van der Waals surface area contributed by atoms with Crippen molar-refractivity contribution in [2.24, 2.45) is 0 Å². The van der Waals surface area contributed by atoms with Gasteiger partial charge in [-0.1, -0.05) is 11.6 Å². The van der Waals surface area contributed by atoms with E-state index >= 15 is 0 Å². The minimum atomic E-state index is -0.379. The number of halogens is 2. The first-order valence-corrected chi connectivity index (χ1v) is 6.52. The van der Waals surface area contributed by atoms with E-state index in [1.165, 1.54) is 12.1 Å². The monoisotopic (exact) mass is 296 g/mol. The third-order valence-corrected chi connectivity index (χ3v) is 3.82. The fraction of sp³-hybridized carbons (Fsp3) is 0. The zero-order chi connectivity index (χ0) is 14.6. The highest BCUT2D eigenvalue weighted by atomic mass is 35.5. The van der Waals surface area contributed by atoms with Crippen LogP contribution in [0.2, 0.25) is 5.02 Å². The maximum absolute atomic E-state index is 13.6. The molecule has 0 saturated heterocycles. The van der Waals surface area contributed by atoms with E-state index in [2.05, 4.69) is 16.0 Å². The summed E-state index contributed by atoms with van der Waals surface area (Å²) < 4.78 is 15.3. The van der Waals surface area contributed by atoms with Crippen LogP contribution in [0, 0.1) is 17.1 Å². The topological polar surface area (TPSA) is 54.0 Å². The van der Waals surface area contributed by atoms with Gasteiger partial charge in [-0.25, -0.2) is 14.4 Å². The first kappa shape index (κ1) is 12.1. The third-order valence-electron chi connectivity index (χ3n) is 3.42. The highest BCUT2D eigenvalue weighted by Gasteiger charge is 2.17. The van der Waals surface area contributed by atoms with Gasteiger partial charge in [0.2, 0.25) is 0 Å². The molecule has 0 aliphatic carbocycles. The van der Waals surface area contributed by atoms with E-state index in [9.17, 15) is 9.65 Å². The summed E-state index contributed by atoms with van der Waals surface area (Å²) in [5.74, 6) is -0.379. The van der Waals surface area contributed by atoms with E-state index in [0.29, 0.717) is 27.7 Å². The van der Waals surface area contributed by atoms with E-state index in [-0.39, 0.29) is 16.4 Å². The van der Waals surface area contributed by atoms with Crippen molar-refractivity contribution in [3.63, 3.8) is 0 Å². The number of rotatable bonds is 0. The van der Waals surface area contributed by atoms with Gasteiger partial charge in [-0.05, 0) is 30.3 Å². The molecule has 3 aromatic heterocycles. The molecule has 0 N–H and O–H groups in total. The molecule has 0 fully saturated rings. The van der Waals surface area contributed by atoms with Gasteiger partial charge in [0.05, 0.1) is 16.1 Å². The SMILES string of the molecule is N#Cc1c(Cl)c2ccc(F)cc2n2c1nc1ncccc12. The molecule has 0 aliphatic heterocycles. The maximum Gasteiger partial charge on any atom is 0.178 e. The number of hydrogen-bond acceptors (Lipinski definition) is 3. The van der Waals surface area contributed by atoms with Gasteiger partial charge in [-0.3, -0.25) is 4.40 Å². The molecule has 3 heterocycles. The van der Waals surface area contributed by atoms with Crippen molar-refractivity contribution < 1.29 is 4.39 Å². The van der Waals surface area contributed by atoms with Crippen molar-refractivity contribution in [1.29, 1.82) is 5.26 Å². The van der Waals surface area contributed by atoms with Crippen LogP contribution in [0.25, 0.3) is 27.7 Å². The molecular weight excluding hydrogens is 291 g/mol. The number of pyridine rings is 2. The molecule has 0 unspecified atom stereocenters. The summed E-state index contributed by atoms with van der Waals surface area (Å²) in [6.45, 7) is 0. The lowest BCUT2D eigenvalue weighted by atomic mass is 10.1. The lowest BCUT2D eigenvalue weighted by Gasteiger charge is -2.07. The van der Waals surface area contributed by atoms with Crippen LogP contribution in [0.5, 0.6) is 0 Å². The molecule has 4 rings (SSSR count). The molecule has 100 valence electrons. The van der Waals surface area contributed by atoms with Crippen molar-refractivity contribution >= 4 is 39.3 Å². The van der Waals surface area contributed by atoms with Crippen molar-refractivity contribution in [2.45, 2.75) is 0 Å². The van der Waals surface area contributed by atoms with Gasteiger partial charge in [-0.2, -0.15) is 5.26 Å². The van der Waals surface area contributed by atoms with Gasteiger partial charge in [0.15, 0.2) is 11.3 Å². The Morgan fingerprint density at radius 1 is 1.24 bits per heavy atom. The summed E-state index contributed by atoms with van der Waals surface area (Å²) in [5.41, 5.74) is 2.39. The van der Waals surface area contributed by atoms with Crippen LogP contribution in [0.15, 0.2) is 36.5 Å². The predicted molar refractivity (Wildman–Crippen MR) is 77.7 cm³/mol. The molecule has 4 nitrogen and oxygen atoms in total. The standard InChI is InChI=1S/C15H6ClFN4/c16-13-9-4-3-8(17)6-12(9)21-11-2-1-5-19-14(11)20-15(21)10(13)7-18/h1-6H. The van der Waals surface area contributed by atoms with Gasteiger partial charge in [0.1, 0.15) is 17.4 Å². The summed E-state index contributed by atoms with van der Waals surface area (Å²) in [7, 11) is 0. The van der Waals surface area contributed by atoms with Crippen LogP contribution >= 0.6 is 11.6 Å². The Kier molecular flexibility index (Phi) is 2.38. The molecule has 0 amide bonds. The van der Waals surface area contributed by atoms with Crippen LogP contribution in [0.1, 0.15) is 5.56 Å². The number of benzene rings is 1. The third kappa shape index (κ3) is 1.54. The van der Waals surface area contributed by atoms with Gasteiger partial charge >= 0.3 is 0 Å². The normalized spacial score (nSPS) is 11.3. The van der Waals surface area contributed by atoms with E-state index in [4.69, 9.17) is 11.6 Å². The molecule has 21 heavy (non-hydrogen) atoms. The largest absolute Gasteiger partial charge is 0.289 e. The van der Waals surface area contributed by atoms with Gasteiger partial charge < -0.3 is 0 Å². The Hall–Kier alpha value is -2.71. The fourth-order valence-electron chi connectivity index (χ4n) is 2.53. The van der Waals surface area contributed by atoms with Crippen LogP contribution in [0.3, 0.4) is 0 Å². The highest BCUT2D eigenvalue weighted by molar-refractivity contribution is 6.37. The zero-order valence-electron chi connectivity index (χ0n) is 10.5. The number of imidazole rings is 1. The van der Waals surface area contributed by atoms with Crippen LogP contribution in [0.4, 0.5) is 4.39 Å². The van der Waals surface area contributed by atoms with Gasteiger partial charge in [0.25, 0.3) is 0 Å². The fourth-order valence-corrected chi connectivity index (χ4v) is 2.82. The highest BCUT2D eigenvalue weighted by Crippen LogP contribution is 2.32. The lowest BCUT2D eigenvalue weighted by molar-refractivity contribution is 0.629. The molecule has 4 aromatic rings. The van der Waals surface area contributed by atoms with Crippen LogP contribution < -0.4 is 0 Å². The number of nitrogens with zero attached hydrogens (tertiary/aromatic N) is 4. The Balaban J connectivity index is 2.42. The Morgan fingerprint density at radius 3 is 2.90 bits per heavy atom. The summed E-state index contributed by atoms with van der Waals surface area (Å²) in [6, 6.07) is 9.92. The van der Waals surface area contributed by atoms with Crippen molar-refractivity contribution in [2.75, 3.05) is 0 Å². The molecule has 1 aromatic carbocycles. The van der Waals surface area contributed by atoms with Crippen LogP contribution in [-0.2, 0) is 0 Å². The van der Waals surface area contributed by atoms with Gasteiger partial charge in [0, 0.05) is 11.6 Å². The second kappa shape index (κ2) is 4.14. The summed E-state index contributed by atoms with van der Waals surface area (Å²) in [6.07, 6.45) is 1.62. The quantitative estimate of drug-likeness (QED) is 0.497. The van der Waals surface area contributed by atoms with Crippen molar-refractivity contribution in [3.8, 4) is 6.07 Å². The summed E-state index contributed by atoms with van der Waals surface area (Å²) >= 11 is 6.28. The molecular formula is C15H6ClFN4. The van der Waals surface area contributed by atoms with Crippen molar-refractivity contribution in [3.05, 3.63) is 52.9 Å².